The molecule has 1 aromatic heterocycles. The highest BCUT2D eigenvalue weighted by Crippen LogP contribution is 2.22. The smallest absolute Gasteiger partial charge is 0.112 e. The molecular formula is C12H12Cl2N2. The normalized spacial score (nSPS) is 10.7. The van der Waals surface area contributed by atoms with E-state index in [1.165, 1.54) is 0 Å². The SMILES string of the molecule is CCc1nccn1-c1ccc(Cl)cc1CCl. The number of aromatic nitrogens is 2. The van der Waals surface area contributed by atoms with E-state index in [1.54, 1.807) is 6.20 Å². The Morgan fingerprint density at radius 2 is 2.19 bits per heavy atom. The zero-order valence-electron chi connectivity index (χ0n) is 8.95. The number of imidazole rings is 1. The summed E-state index contributed by atoms with van der Waals surface area (Å²) in [5.74, 6) is 1.46. The summed E-state index contributed by atoms with van der Waals surface area (Å²) in [6.07, 6.45) is 4.63. The predicted molar refractivity (Wildman–Crippen MR) is 67.5 cm³/mol. The number of hydrogen-bond acceptors (Lipinski definition) is 1. The maximum atomic E-state index is 5.95. The average Bonchev–Trinajstić information content (AvgIpc) is 2.76. The molecule has 0 aliphatic rings. The zero-order valence-corrected chi connectivity index (χ0v) is 10.5. The number of aryl methyl sites for hydroxylation is 1. The van der Waals surface area contributed by atoms with Crippen LogP contribution in [0.15, 0.2) is 30.6 Å². The molecule has 0 N–H and O–H groups in total. The molecule has 0 spiro atoms. The number of rotatable bonds is 3. The maximum Gasteiger partial charge on any atom is 0.112 e. The molecule has 0 fully saturated rings. The zero-order chi connectivity index (χ0) is 11.5. The van der Waals surface area contributed by atoms with Crippen LogP contribution in [-0.2, 0) is 12.3 Å². The van der Waals surface area contributed by atoms with Crippen molar-refractivity contribution in [3.63, 3.8) is 0 Å². The van der Waals surface area contributed by atoms with Crippen LogP contribution in [0.4, 0.5) is 0 Å². The molecular weight excluding hydrogens is 243 g/mol. The Balaban J connectivity index is 2.55. The van der Waals surface area contributed by atoms with E-state index in [-0.39, 0.29) is 0 Å². The van der Waals surface area contributed by atoms with Crippen molar-refractivity contribution in [3.8, 4) is 5.69 Å². The summed E-state index contributed by atoms with van der Waals surface area (Å²) >= 11 is 11.9. The van der Waals surface area contributed by atoms with Crippen LogP contribution in [0.2, 0.25) is 5.02 Å². The highest BCUT2D eigenvalue weighted by Gasteiger charge is 2.08. The van der Waals surface area contributed by atoms with Gasteiger partial charge in [0.2, 0.25) is 0 Å². The van der Waals surface area contributed by atoms with Crippen LogP contribution in [-0.4, -0.2) is 9.55 Å². The van der Waals surface area contributed by atoms with Gasteiger partial charge in [-0.15, -0.1) is 11.6 Å². The Morgan fingerprint density at radius 3 is 2.88 bits per heavy atom. The molecule has 4 heteroatoms. The Bertz CT molecular complexity index is 492. The first-order chi connectivity index (χ1) is 7.76. The number of alkyl halides is 1. The van der Waals surface area contributed by atoms with Crippen molar-refractivity contribution >= 4 is 23.2 Å². The van der Waals surface area contributed by atoms with Gasteiger partial charge in [0.05, 0.1) is 5.69 Å². The summed E-state index contributed by atoms with van der Waals surface area (Å²) < 4.78 is 2.05. The molecule has 2 aromatic rings. The molecule has 0 aliphatic heterocycles. The molecule has 0 saturated heterocycles. The van der Waals surface area contributed by atoms with Gasteiger partial charge in [-0.25, -0.2) is 4.98 Å². The summed E-state index contributed by atoms with van der Waals surface area (Å²) in [6, 6.07) is 5.73. The molecule has 1 aromatic carbocycles. The standard InChI is InChI=1S/C12H12Cl2N2/c1-2-12-15-5-6-16(12)11-4-3-10(14)7-9(11)8-13/h3-7H,2,8H2,1H3. The molecule has 0 atom stereocenters. The van der Waals surface area contributed by atoms with E-state index in [1.807, 2.05) is 29.0 Å². The van der Waals surface area contributed by atoms with Gasteiger partial charge in [0, 0.05) is 29.7 Å². The molecule has 84 valence electrons. The lowest BCUT2D eigenvalue weighted by molar-refractivity contribution is 0.885. The van der Waals surface area contributed by atoms with Gasteiger partial charge < -0.3 is 4.57 Å². The monoisotopic (exact) mass is 254 g/mol. The molecule has 0 amide bonds. The average molecular weight is 255 g/mol. The fraction of sp³-hybridized carbons (Fsp3) is 0.250. The topological polar surface area (TPSA) is 17.8 Å². The van der Waals surface area contributed by atoms with Crippen molar-refractivity contribution in [2.24, 2.45) is 0 Å². The second kappa shape index (κ2) is 4.89. The van der Waals surface area contributed by atoms with Crippen LogP contribution in [0, 0.1) is 0 Å². The van der Waals surface area contributed by atoms with Crippen molar-refractivity contribution < 1.29 is 0 Å². The van der Waals surface area contributed by atoms with Gasteiger partial charge in [-0.3, -0.25) is 0 Å². The number of hydrogen-bond donors (Lipinski definition) is 0. The number of benzene rings is 1. The molecule has 2 nitrogen and oxygen atoms in total. The first-order valence-corrected chi connectivity index (χ1v) is 6.04. The van der Waals surface area contributed by atoms with Crippen molar-refractivity contribution in [2.45, 2.75) is 19.2 Å². The van der Waals surface area contributed by atoms with E-state index in [4.69, 9.17) is 23.2 Å². The van der Waals surface area contributed by atoms with Gasteiger partial charge in [0.25, 0.3) is 0 Å². The van der Waals surface area contributed by atoms with Crippen LogP contribution in [0.1, 0.15) is 18.3 Å². The molecule has 0 saturated carbocycles. The van der Waals surface area contributed by atoms with E-state index in [0.29, 0.717) is 10.9 Å². The Labute approximate surface area is 105 Å². The minimum Gasteiger partial charge on any atom is -0.303 e. The van der Waals surface area contributed by atoms with Crippen molar-refractivity contribution in [1.29, 1.82) is 0 Å². The van der Waals surface area contributed by atoms with Crippen molar-refractivity contribution in [2.75, 3.05) is 0 Å². The Morgan fingerprint density at radius 1 is 1.38 bits per heavy atom. The highest BCUT2D eigenvalue weighted by atomic mass is 35.5. The van der Waals surface area contributed by atoms with Gasteiger partial charge in [-0.05, 0) is 23.8 Å². The summed E-state index contributed by atoms with van der Waals surface area (Å²) in [5, 5.41) is 0.706. The molecule has 0 unspecified atom stereocenters. The summed E-state index contributed by atoms with van der Waals surface area (Å²) in [6.45, 7) is 2.08. The van der Waals surface area contributed by atoms with Gasteiger partial charge in [0.15, 0.2) is 0 Å². The van der Waals surface area contributed by atoms with E-state index in [2.05, 4.69) is 11.9 Å². The molecule has 0 bridgehead atoms. The van der Waals surface area contributed by atoms with E-state index in [0.717, 1.165) is 23.5 Å². The van der Waals surface area contributed by atoms with Gasteiger partial charge in [-0.1, -0.05) is 18.5 Å². The van der Waals surface area contributed by atoms with Gasteiger partial charge >= 0.3 is 0 Å². The van der Waals surface area contributed by atoms with Crippen molar-refractivity contribution in [3.05, 3.63) is 47.0 Å². The van der Waals surface area contributed by atoms with E-state index in [9.17, 15) is 0 Å². The minimum absolute atomic E-state index is 0.442. The lowest BCUT2D eigenvalue weighted by atomic mass is 10.2. The van der Waals surface area contributed by atoms with E-state index < -0.39 is 0 Å². The molecule has 16 heavy (non-hydrogen) atoms. The molecule has 1 heterocycles. The van der Waals surface area contributed by atoms with E-state index >= 15 is 0 Å². The third-order valence-corrected chi connectivity index (χ3v) is 3.00. The largest absolute Gasteiger partial charge is 0.303 e. The van der Waals surface area contributed by atoms with Crippen LogP contribution >= 0.6 is 23.2 Å². The third kappa shape index (κ3) is 2.08. The quantitative estimate of drug-likeness (QED) is 0.762. The second-order valence-corrected chi connectivity index (χ2v) is 4.18. The van der Waals surface area contributed by atoms with Gasteiger partial charge in [-0.2, -0.15) is 0 Å². The highest BCUT2D eigenvalue weighted by molar-refractivity contribution is 6.30. The molecule has 0 aliphatic carbocycles. The second-order valence-electron chi connectivity index (χ2n) is 3.47. The maximum absolute atomic E-state index is 5.95. The lowest BCUT2D eigenvalue weighted by Gasteiger charge is -2.11. The molecule has 2 rings (SSSR count). The number of nitrogens with zero attached hydrogens (tertiary/aromatic N) is 2. The first-order valence-electron chi connectivity index (χ1n) is 5.13. The summed E-state index contributed by atoms with van der Waals surface area (Å²) in [7, 11) is 0. The third-order valence-electron chi connectivity index (χ3n) is 2.48. The number of halogens is 2. The Kier molecular flexibility index (Phi) is 3.52. The fourth-order valence-corrected chi connectivity index (χ4v) is 2.12. The van der Waals surface area contributed by atoms with Crippen molar-refractivity contribution in [1.82, 2.24) is 9.55 Å². The van der Waals surface area contributed by atoms with Gasteiger partial charge in [0.1, 0.15) is 5.82 Å². The molecule has 0 radical (unpaired) electrons. The fourth-order valence-electron chi connectivity index (χ4n) is 1.71. The van der Waals surface area contributed by atoms with Crippen LogP contribution in [0.5, 0.6) is 0 Å². The Hall–Kier alpha value is -0.990. The van der Waals surface area contributed by atoms with Crippen LogP contribution in [0.3, 0.4) is 0 Å². The summed E-state index contributed by atoms with van der Waals surface area (Å²) in [5.41, 5.74) is 2.07. The lowest BCUT2D eigenvalue weighted by Crippen LogP contribution is -2.02. The van der Waals surface area contributed by atoms with Crippen LogP contribution < -0.4 is 0 Å². The minimum atomic E-state index is 0.442. The predicted octanol–water partition coefficient (Wildman–Crippen LogP) is 3.83. The first kappa shape index (κ1) is 11.5. The van der Waals surface area contributed by atoms with Crippen LogP contribution in [0.25, 0.3) is 5.69 Å². The summed E-state index contributed by atoms with van der Waals surface area (Å²) in [4.78, 5) is 4.30.